The van der Waals surface area contributed by atoms with Gasteiger partial charge in [-0.2, -0.15) is 0 Å². The van der Waals surface area contributed by atoms with Crippen LogP contribution >= 0.6 is 11.3 Å². The number of benzene rings is 3. The molecule has 9 heteroatoms. The number of aromatic nitrogens is 1. The molecule has 1 aromatic heterocycles. The Bertz CT molecular complexity index is 1780. The molecule has 3 aromatic carbocycles. The van der Waals surface area contributed by atoms with Crippen molar-refractivity contribution in [2.45, 2.75) is 19.9 Å². The zero-order chi connectivity index (χ0) is 27.0. The summed E-state index contributed by atoms with van der Waals surface area (Å²) in [6, 6.07) is 15.2. The Labute approximate surface area is 222 Å². The number of aromatic hydroxyl groups is 1. The highest BCUT2D eigenvalue weighted by Crippen LogP contribution is 2.41. The van der Waals surface area contributed by atoms with E-state index in [0.29, 0.717) is 37.7 Å². The monoisotopic (exact) mass is 530 g/mol. The van der Waals surface area contributed by atoms with Gasteiger partial charge in [0.05, 0.1) is 36.6 Å². The van der Waals surface area contributed by atoms with Gasteiger partial charge in [-0.1, -0.05) is 35.6 Å². The number of nitrogens with zero attached hydrogens (tertiary/aromatic N) is 2. The maximum absolute atomic E-state index is 14.0. The van der Waals surface area contributed by atoms with Crippen molar-refractivity contribution in [3.8, 4) is 17.2 Å². The van der Waals surface area contributed by atoms with Crippen LogP contribution in [-0.4, -0.2) is 36.5 Å². The summed E-state index contributed by atoms with van der Waals surface area (Å²) in [7, 11) is 3.14. The van der Waals surface area contributed by atoms with Gasteiger partial charge in [0.1, 0.15) is 23.3 Å². The average Bonchev–Trinajstić information content (AvgIpc) is 3.21. The Morgan fingerprint density at radius 2 is 1.92 bits per heavy atom. The first-order valence-corrected chi connectivity index (χ1v) is 12.8. The van der Waals surface area contributed by atoms with Gasteiger partial charge in [-0.05, 0) is 66.6 Å². The summed E-state index contributed by atoms with van der Waals surface area (Å²) in [5.74, 6) is 0.679. The molecule has 1 N–H and O–H groups in total. The number of hydrogen-bond donors (Lipinski definition) is 1. The van der Waals surface area contributed by atoms with Gasteiger partial charge in [0.2, 0.25) is 0 Å². The van der Waals surface area contributed by atoms with Gasteiger partial charge in [-0.3, -0.25) is 9.36 Å². The van der Waals surface area contributed by atoms with Gasteiger partial charge >= 0.3 is 5.97 Å². The Hall–Kier alpha value is -4.37. The molecule has 4 aromatic rings. The highest BCUT2D eigenvalue weighted by molar-refractivity contribution is 7.07. The Morgan fingerprint density at radius 3 is 2.63 bits per heavy atom. The van der Waals surface area contributed by atoms with Crippen LogP contribution in [0.15, 0.2) is 75.7 Å². The number of phenolic OH excluding ortho intramolecular Hbond substituents is 1. The molecule has 0 bridgehead atoms. The third-order valence-corrected chi connectivity index (χ3v) is 7.39. The first-order valence-electron chi connectivity index (χ1n) is 12.0. The van der Waals surface area contributed by atoms with Crippen LogP contribution in [-0.2, 0) is 9.53 Å². The van der Waals surface area contributed by atoms with Crippen molar-refractivity contribution in [2.24, 2.45) is 4.99 Å². The van der Waals surface area contributed by atoms with Gasteiger partial charge in [-0.15, -0.1) is 0 Å². The van der Waals surface area contributed by atoms with E-state index in [1.807, 2.05) is 30.3 Å². The molecule has 0 aliphatic carbocycles. The molecule has 0 spiro atoms. The molecule has 2 heterocycles. The van der Waals surface area contributed by atoms with Crippen molar-refractivity contribution in [3.05, 3.63) is 96.7 Å². The van der Waals surface area contributed by atoms with Crippen LogP contribution in [0.4, 0.5) is 0 Å². The van der Waals surface area contributed by atoms with E-state index in [4.69, 9.17) is 14.2 Å². The first-order chi connectivity index (χ1) is 18.4. The molecule has 1 atom stereocenters. The van der Waals surface area contributed by atoms with E-state index in [1.54, 1.807) is 58.4 Å². The molecular weight excluding hydrogens is 504 g/mol. The summed E-state index contributed by atoms with van der Waals surface area (Å²) in [6.07, 6.45) is 1.70. The quantitative estimate of drug-likeness (QED) is 0.382. The summed E-state index contributed by atoms with van der Waals surface area (Å²) in [6.45, 7) is 3.64. The van der Waals surface area contributed by atoms with Crippen molar-refractivity contribution in [1.82, 2.24) is 4.57 Å². The molecule has 194 valence electrons. The second-order valence-electron chi connectivity index (χ2n) is 8.67. The zero-order valence-electron chi connectivity index (χ0n) is 21.3. The van der Waals surface area contributed by atoms with Crippen LogP contribution in [0.5, 0.6) is 17.2 Å². The van der Waals surface area contributed by atoms with Crippen molar-refractivity contribution >= 4 is 34.2 Å². The predicted octanol–water partition coefficient (Wildman–Crippen LogP) is 3.67. The van der Waals surface area contributed by atoms with Crippen molar-refractivity contribution in [3.63, 3.8) is 0 Å². The number of rotatable bonds is 6. The van der Waals surface area contributed by atoms with Crippen LogP contribution in [0, 0.1) is 0 Å². The van der Waals surface area contributed by atoms with Crippen LogP contribution in [0.3, 0.4) is 0 Å². The lowest BCUT2D eigenvalue weighted by Crippen LogP contribution is -2.40. The maximum Gasteiger partial charge on any atom is 0.338 e. The lowest BCUT2D eigenvalue weighted by atomic mass is 9.90. The van der Waals surface area contributed by atoms with E-state index in [1.165, 1.54) is 15.9 Å². The van der Waals surface area contributed by atoms with Crippen molar-refractivity contribution in [2.75, 3.05) is 20.8 Å². The van der Waals surface area contributed by atoms with E-state index in [0.717, 1.165) is 10.8 Å². The Balaban J connectivity index is 1.87. The van der Waals surface area contributed by atoms with E-state index >= 15 is 0 Å². The number of carbonyl (C=O) groups excluding carboxylic acids is 1. The number of hydrogen-bond acceptors (Lipinski definition) is 8. The number of methoxy groups -OCH3 is 2. The Kier molecular flexibility index (Phi) is 6.77. The number of ether oxygens (including phenoxy) is 3. The van der Waals surface area contributed by atoms with Crippen molar-refractivity contribution in [1.29, 1.82) is 0 Å². The number of esters is 1. The number of allylic oxidation sites excluding steroid dienone is 1. The fourth-order valence-electron chi connectivity index (χ4n) is 4.72. The fraction of sp³-hybridized carbons (Fsp3) is 0.207. The largest absolute Gasteiger partial charge is 0.508 e. The molecule has 1 aliphatic heterocycles. The molecule has 0 saturated heterocycles. The minimum atomic E-state index is -0.859. The first kappa shape index (κ1) is 25.3. The van der Waals surface area contributed by atoms with Crippen LogP contribution in [0.1, 0.15) is 31.0 Å². The van der Waals surface area contributed by atoms with Gasteiger partial charge in [-0.25, -0.2) is 9.79 Å². The van der Waals surface area contributed by atoms with Crippen molar-refractivity contribution < 1.29 is 24.1 Å². The molecule has 8 nitrogen and oxygen atoms in total. The smallest absolute Gasteiger partial charge is 0.338 e. The minimum absolute atomic E-state index is 0.0966. The number of carbonyl (C=O) groups is 1. The van der Waals surface area contributed by atoms with Crippen LogP contribution in [0.2, 0.25) is 0 Å². The fourth-order valence-corrected chi connectivity index (χ4v) is 5.77. The summed E-state index contributed by atoms with van der Waals surface area (Å²) in [5, 5.41) is 11.6. The second kappa shape index (κ2) is 10.2. The van der Waals surface area contributed by atoms with E-state index in [2.05, 4.69) is 4.99 Å². The summed E-state index contributed by atoms with van der Waals surface area (Å²) in [5.41, 5.74) is 1.70. The normalized spacial score (nSPS) is 15.3. The maximum atomic E-state index is 14.0. The van der Waals surface area contributed by atoms with E-state index < -0.39 is 12.0 Å². The third kappa shape index (κ3) is 4.35. The lowest BCUT2D eigenvalue weighted by Gasteiger charge is -2.27. The summed E-state index contributed by atoms with van der Waals surface area (Å²) in [4.78, 5) is 32.4. The summed E-state index contributed by atoms with van der Waals surface area (Å²) < 4.78 is 18.6. The lowest BCUT2D eigenvalue weighted by molar-refractivity contribution is -0.139. The molecular formula is C29H26N2O6S. The number of phenols is 1. The Morgan fingerprint density at radius 1 is 1.13 bits per heavy atom. The highest BCUT2D eigenvalue weighted by Gasteiger charge is 2.36. The minimum Gasteiger partial charge on any atom is -0.508 e. The predicted molar refractivity (Wildman–Crippen MR) is 146 cm³/mol. The van der Waals surface area contributed by atoms with E-state index in [-0.39, 0.29) is 23.5 Å². The SMILES string of the molecule is CCOC(=O)C1=C(C)N=c2s/c(=C\c3cccc(O)c3)c(=O)n2[C@@H]1c1c(OC)ccc2ccc(OC)cc12. The molecule has 38 heavy (non-hydrogen) atoms. The molecule has 0 fully saturated rings. The second-order valence-corrected chi connectivity index (χ2v) is 9.67. The molecule has 0 radical (unpaired) electrons. The highest BCUT2D eigenvalue weighted by atomic mass is 32.1. The summed E-state index contributed by atoms with van der Waals surface area (Å²) >= 11 is 1.21. The van der Waals surface area contributed by atoms with Crippen LogP contribution in [0.25, 0.3) is 16.8 Å². The third-order valence-electron chi connectivity index (χ3n) is 6.41. The molecule has 0 saturated carbocycles. The van der Waals surface area contributed by atoms with E-state index in [9.17, 15) is 14.7 Å². The zero-order valence-corrected chi connectivity index (χ0v) is 22.2. The molecule has 0 amide bonds. The number of thiazole rings is 1. The number of fused-ring (bicyclic) bond motifs is 2. The van der Waals surface area contributed by atoms with Crippen LogP contribution < -0.4 is 24.4 Å². The average molecular weight is 531 g/mol. The van der Waals surface area contributed by atoms with Gasteiger partial charge in [0.15, 0.2) is 4.80 Å². The van der Waals surface area contributed by atoms with Gasteiger partial charge in [0.25, 0.3) is 5.56 Å². The molecule has 1 aliphatic rings. The molecule has 0 unspecified atom stereocenters. The van der Waals surface area contributed by atoms with Gasteiger partial charge in [0, 0.05) is 5.56 Å². The standard InChI is InChI=1S/C29H26N2O6S/c1-5-37-28(34)24-16(2)30-29-31(27(33)23(38-29)14-17-7-6-8-19(32)13-17)26(24)25-21-15-20(35-3)11-9-18(21)10-12-22(25)36-4/h6-15,26,32H,5H2,1-4H3/b23-14-/t26-/m0/s1. The van der Waals surface area contributed by atoms with Gasteiger partial charge < -0.3 is 19.3 Å². The topological polar surface area (TPSA) is 99.4 Å². The molecule has 5 rings (SSSR count).